The molecule has 0 unspecified atom stereocenters. The van der Waals surface area contributed by atoms with Crippen LogP contribution in [-0.4, -0.2) is 37.0 Å². The fraction of sp³-hybridized carbons (Fsp3) is 0.458. The maximum absolute atomic E-state index is 13.4. The number of hydrogen-bond donors (Lipinski definition) is 2. The summed E-state index contributed by atoms with van der Waals surface area (Å²) in [6.07, 6.45) is -0.881. The summed E-state index contributed by atoms with van der Waals surface area (Å²) < 4.78 is 52.6. The Morgan fingerprint density at radius 2 is 1.75 bits per heavy atom. The third kappa shape index (κ3) is 7.03. The molecule has 1 aliphatic heterocycles. The van der Waals surface area contributed by atoms with Crippen LogP contribution in [0.5, 0.6) is 0 Å². The lowest BCUT2D eigenvalue weighted by molar-refractivity contribution is -0.137. The van der Waals surface area contributed by atoms with Gasteiger partial charge in [0.05, 0.1) is 5.56 Å². The van der Waals surface area contributed by atoms with E-state index in [1.165, 1.54) is 18.6 Å². The number of rotatable bonds is 8. The molecular weight excluding hydrogens is 422 g/mol. The van der Waals surface area contributed by atoms with Gasteiger partial charge in [-0.3, -0.25) is 4.79 Å². The molecule has 32 heavy (non-hydrogen) atoms. The van der Waals surface area contributed by atoms with E-state index in [2.05, 4.69) is 15.5 Å². The van der Waals surface area contributed by atoms with Crippen molar-refractivity contribution >= 4 is 5.91 Å². The Bertz CT molecular complexity index is 893. The molecule has 1 aliphatic rings. The van der Waals surface area contributed by atoms with Gasteiger partial charge in [-0.2, -0.15) is 13.2 Å². The third-order valence-corrected chi connectivity index (χ3v) is 5.62. The zero-order valence-corrected chi connectivity index (χ0v) is 18.1. The number of nitrogens with one attached hydrogen (secondary N) is 2. The standard InChI is InChI=1S/C24H29F4N3O/c1-17-13-18(15-20(14-17)24(26,27)28)16-30-23(32)22(19-5-7-21(25)8-6-19)29-9-12-31-10-3-2-4-11-31/h5-8,13-15,22,29H,2-4,9-12,16H2,1H3,(H,30,32)/t22-/m0/s1. The maximum Gasteiger partial charge on any atom is 0.416 e. The second kappa shape index (κ2) is 10.9. The quantitative estimate of drug-likeness (QED) is 0.578. The van der Waals surface area contributed by atoms with Crippen molar-refractivity contribution in [3.63, 3.8) is 0 Å². The molecule has 0 aromatic heterocycles. The molecule has 4 nitrogen and oxygen atoms in total. The summed E-state index contributed by atoms with van der Waals surface area (Å²) in [6, 6.07) is 8.68. The summed E-state index contributed by atoms with van der Waals surface area (Å²) in [4.78, 5) is 15.3. The average Bonchev–Trinajstić information content (AvgIpc) is 2.76. The monoisotopic (exact) mass is 451 g/mol. The van der Waals surface area contributed by atoms with Crippen molar-refractivity contribution in [2.75, 3.05) is 26.2 Å². The SMILES string of the molecule is Cc1cc(CNC(=O)[C@@H](NCCN2CCCCC2)c2ccc(F)cc2)cc(C(F)(F)F)c1. The molecule has 0 bridgehead atoms. The van der Waals surface area contributed by atoms with Gasteiger partial charge in [-0.1, -0.05) is 30.2 Å². The zero-order chi connectivity index (χ0) is 23.1. The highest BCUT2D eigenvalue weighted by Gasteiger charge is 2.31. The smallest absolute Gasteiger partial charge is 0.350 e. The van der Waals surface area contributed by atoms with Gasteiger partial charge in [-0.05, 0) is 68.2 Å². The van der Waals surface area contributed by atoms with Gasteiger partial charge in [0.25, 0.3) is 0 Å². The largest absolute Gasteiger partial charge is 0.416 e. The number of hydrogen-bond acceptors (Lipinski definition) is 3. The number of aryl methyl sites for hydroxylation is 1. The van der Waals surface area contributed by atoms with Gasteiger partial charge in [0, 0.05) is 19.6 Å². The van der Waals surface area contributed by atoms with E-state index in [0.717, 1.165) is 44.6 Å². The molecule has 0 spiro atoms. The number of carbonyl (C=O) groups is 1. The van der Waals surface area contributed by atoms with Crippen LogP contribution < -0.4 is 10.6 Å². The van der Waals surface area contributed by atoms with Gasteiger partial charge in [-0.15, -0.1) is 0 Å². The third-order valence-electron chi connectivity index (χ3n) is 5.62. The zero-order valence-electron chi connectivity index (χ0n) is 18.1. The molecule has 2 aromatic rings. The molecular formula is C24H29F4N3O. The fourth-order valence-electron chi connectivity index (χ4n) is 3.99. The van der Waals surface area contributed by atoms with Crippen LogP contribution in [0.25, 0.3) is 0 Å². The Balaban J connectivity index is 1.66. The Labute approximate surface area is 186 Å². The first-order valence-corrected chi connectivity index (χ1v) is 10.9. The molecule has 3 rings (SSSR count). The molecule has 1 atom stereocenters. The van der Waals surface area contributed by atoms with E-state index < -0.39 is 23.6 Å². The number of nitrogens with zero attached hydrogens (tertiary/aromatic N) is 1. The van der Waals surface area contributed by atoms with Gasteiger partial charge in [0.15, 0.2) is 0 Å². The highest BCUT2D eigenvalue weighted by molar-refractivity contribution is 5.83. The first-order valence-electron chi connectivity index (χ1n) is 10.9. The molecule has 0 aliphatic carbocycles. The minimum atomic E-state index is -4.45. The van der Waals surface area contributed by atoms with E-state index in [4.69, 9.17) is 0 Å². The number of carbonyl (C=O) groups excluding carboxylic acids is 1. The van der Waals surface area contributed by atoms with E-state index in [9.17, 15) is 22.4 Å². The Hall–Kier alpha value is -2.45. The summed E-state index contributed by atoms with van der Waals surface area (Å²) in [5, 5.41) is 5.96. The molecule has 1 fully saturated rings. The van der Waals surface area contributed by atoms with E-state index in [1.54, 1.807) is 25.1 Å². The summed E-state index contributed by atoms with van der Waals surface area (Å²) in [7, 11) is 0. The Morgan fingerprint density at radius 3 is 2.41 bits per heavy atom. The van der Waals surface area contributed by atoms with Crippen LogP contribution in [0.2, 0.25) is 0 Å². The van der Waals surface area contributed by atoms with Crippen molar-refractivity contribution in [2.24, 2.45) is 0 Å². The summed E-state index contributed by atoms with van der Waals surface area (Å²) >= 11 is 0. The Kier molecular flexibility index (Phi) is 8.26. The van der Waals surface area contributed by atoms with Gasteiger partial charge in [0.2, 0.25) is 5.91 Å². The Morgan fingerprint density at radius 1 is 1.06 bits per heavy atom. The topological polar surface area (TPSA) is 44.4 Å². The van der Waals surface area contributed by atoms with E-state index in [0.29, 0.717) is 23.2 Å². The van der Waals surface area contributed by atoms with Gasteiger partial charge >= 0.3 is 6.18 Å². The number of amides is 1. The van der Waals surface area contributed by atoms with Crippen LogP contribution in [0.3, 0.4) is 0 Å². The molecule has 0 radical (unpaired) electrons. The molecule has 1 amide bonds. The van der Waals surface area contributed by atoms with Crippen LogP contribution in [0, 0.1) is 12.7 Å². The predicted octanol–water partition coefficient (Wildman–Crippen LogP) is 4.59. The van der Waals surface area contributed by atoms with Crippen LogP contribution >= 0.6 is 0 Å². The summed E-state index contributed by atoms with van der Waals surface area (Å²) in [5.74, 6) is -0.772. The minimum absolute atomic E-state index is 0.0326. The number of alkyl halides is 3. The van der Waals surface area contributed by atoms with Gasteiger partial charge in [0.1, 0.15) is 11.9 Å². The van der Waals surface area contributed by atoms with Crippen LogP contribution in [-0.2, 0) is 17.5 Å². The van der Waals surface area contributed by atoms with Gasteiger partial charge in [-0.25, -0.2) is 4.39 Å². The summed E-state index contributed by atoms with van der Waals surface area (Å²) in [5.41, 5.74) is 0.704. The molecule has 0 saturated carbocycles. The molecule has 2 aromatic carbocycles. The number of halogens is 4. The summed E-state index contributed by atoms with van der Waals surface area (Å²) in [6.45, 7) is 4.98. The van der Waals surface area contributed by atoms with Crippen molar-refractivity contribution in [3.05, 3.63) is 70.5 Å². The fourth-order valence-corrected chi connectivity index (χ4v) is 3.99. The molecule has 1 heterocycles. The highest BCUT2D eigenvalue weighted by atomic mass is 19.4. The van der Waals surface area contributed by atoms with Crippen LogP contribution in [0.1, 0.15) is 47.6 Å². The van der Waals surface area contributed by atoms with Gasteiger partial charge < -0.3 is 15.5 Å². The minimum Gasteiger partial charge on any atom is -0.350 e. The normalized spacial score (nSPS) is 16.0. The maximum atomic E-state index is 13.4. The first-order chi connectivity index (χ1) is 15.2. The number of likely N-dealkylation sites (tertiary alicyclic amines) is 1. The highest BCUT2D eigenvalue weighted by Crippen LogP contribution is 2.30. The molecule has 2 N–H and O–H groups in total. The van der Waals surface area contributed by atoms with E-state index in [-0.39, 0.29) is 12.5 Å². The number of piperidine rings is 1. The predicted molar refractivity (Wildman–Crippen MR) is 115 cm³/mol. The number of benzene rings is 2. The average molecular weight is 452 g/mol. The second-order valence-corrected chi connectivity index (χ2v) is 8.26. The van der Waals surface area contributed by atoms with E-state index >= 15 is 0 Å². The lowest BCUT2D eigenvalue weighted by Gasteiger charge is -2.27. The van der Waals surface area contributed by atoms with E-state index in [1.807, 2.05) is 0 Å². The molecule has 174 valence electrons. The molecule has 1 saturated heterocycles. The van der Waals surface area contributed by atoms with Crippen molar-refractivity contribution in [1.82, 2.24) is 15.5 Å². The lowest BCUT2D eigenvalue weighted by atomic mass is 10.0. The van der Waals surface area contributed by atoms with Crippen molar-refractivity contribution in [1.29, 1.82) is 0 Å². The first kappa shape index (κ1) is 24.2. The van der Waals surface area contributed by atoms with Crippen molar-refractivity contribution in [2.45, 2.75) is 44.9 Å². The molecule has 8 heteroatoms. The lowest BCUT2D eigenvalue weighted by Crippen LogP contribution is -2.41. The van der Waals surface area contributed by atoms with Crippen molar-refractivity contribution < 1.29 is 22.4 Å². The van der Waals surface area contributed by atoms with Crippen LogP contribution in [0.4, 0.5) is 17.6 Å². The van der Waals surface area contributed by atoms with Crippen molar-refractivity contribution in [3.8, 4) is 0 Å². The van der Waals surface area contributed by atoms with Crippen LogP contribution in [0.15, 0.2) is 42.5 Å². The second-order valence-electron chi connectivity index (χ2n) is 8.26.